The minimum absolute atomic E-state index is 0.0495. The lowest BCUT2D eigenvalue weighted by molar-refractivity contribution is -0.120. The van der Waals surface area contributed by atoms with Crippen molar-refractivity contribution in [2.24, 2.45) is 11.8 Å². The number of hydrogen-bond donors (Lipinski definition) is 1. The zero-order valence-electron chi connectivity index (χ0n) is 13.6. The largest absolute Gasteiger partial charge is 0.356 e. The number of nitrogens with zero attached hydrogens (tertiary/aromatic N) is 1. The Labute approximate surface area is 139 Å². The number of rotatable bonds is 6. The van der Waals surface area contributed by atoms with Crippen LogP contribution in [0, 0.1) is 11.8 Å². The average molecular weight is 323 g/mol. The average Bonchev–Trinajstić information content (AvgIpc) is 2.45. The van der Waals surface area contributed by atoms with E-state index in [0.29, 0.717) is 11.4 Å². The molecule has 1 aromatic carbocycles. The van der Waals surface area contributed by atoms with Gasteiger partial charge < -0.3 is 10.2 Å². The van der Waals surface area contributed by atoms with E-state index in [-0.39, 0.29) is 5.91 Å². The van der Waals surface area contributed by atoms with Gasteiger partial charge >= 0.3 is 0 Å². The molecule has 4 heteroatoms. The summed E-state index contributed by atoms with van der Waals surface area (Å²) in [7, 11) is 0. The van der Waals surface area contributed by atoms with Crippen molar-refractivity contribution < 1.29 is 4.79 Å². The van der Waals surface area contributed by atoms with Crippen LogP contribution in [0.4, 0.5) is 0 Å². The van der Waals surface area contributed by atoms with Gasteiger partial charge in [0, 0.05) is 24.7 Å². The summed E-state index contributed by atoms with van der Waals surface area (Å²) < 4.78 is 0. The Kier molecular flexibility index (Phi) is 6.71. The third-order valence-electron chi connectivity index (χ3n) is 4.23. The van der Waals surface area contributed by atoms with Crippen molar-refractivity contribution in [3.63, 3.8) is 0 Å². The number of piperidine rings is 1. The maximum Gasteiger partial charge on any atom is 0.224 e. The summed E-state index contributed by atoms with van der Waals surface area (Å²) in [5, 5.41) is 3.66. The smallest absolute Gasteiger partial charge is 0.224 e. The predicted octanol–water partition coefficient (Wildman–Crippen LogP) is 3.37. The van der Waals surface area contributed by atoms with Crippen LogP contribution >= 0.6 is 11.6 Å². The van der Waals surface area contributed by atoms with Gasteiger partial charge in [0.05, 0.1) is 6.42 Å². The van der Waals surface area contributed by atoms with Gasteiger partial charge in [-0.3, -0.25) is 4.79 Å². The molecule has 1 heterocycles. The second-order valence-corrected chi connectivity index (χ2v) is 7.08. The number of halogens is 1. The first kappa shape index (κ1) is 17.3. The van der Waals surface area contributed by atoms with E-state index in [1.807, 2.05) is 24.3 Å². The molecular weight excluding hydrogens is 296 g/mol. The Morgan fingerprint density at radius 3 is 2.64 bits per heavy atom. The highest BCUT2D eigenvalue weighted by Crippen LogP contribution is 2.20. The number of carbonyl (C=O) groups excluding carboxylic acids is 1. The Morgan fingerprint density at radius 1 is 1.27 bits per heavy atom. The predicted molar refractivity (Wildman–Crippen MR) is 92.2 cm³/mol. The van der Waals surface area contributed by atoms with Crippen molar-refractivity contribution in [2.45, 2.75) is 33.1 Å². The monoisotopic (exact) mass is 322 g/mol. The molecule has 0 aliphatic carbocycles. The van der Waals surface area contributed by atoms with Crippen molar-refractivity contribution >= 4 is 17.5 Å². The number of amides is 1. The van der Waals surface area contributed by atoms with Crippen LogP contribution in [-0.2, 0) is 11.2 Å². The zero-order chi connectivity index (χ0) is 15.9. The standard InChI is InChI=1S/C18H27ClN2O/c1-14-10-15(2)13-21(12-14)9-5-8-20-18(22)11-16-6-3-4-7-17(16)19/h3-4,6-7,14-15H,5,8-13H2,1-2H3,(H,20,22). The molecule has 1 amide bonds. The summed E-state index contributed by atoms with van der Waals surface area (Å²) in [6, 6.07) is 7.51. The molecule has 2 rings (SSSR count). The molecule has 1 fully saturated rings. The maximum absolute atomic E-state index is 11.9. The van der Waals surface area contributed by atoms with E-state index >= 15 is 0 Å². The highest BCUT2D eigenvalue weighted by atomic mass is 35.5. The lowest BCUT2D eigenvalue weighted by Gasteiger charge is -2.34. The van der Waals surface area contributed by atoms with Gasteiger partial charge in [0.2, 0.25) is 5.91 Å². The molecule has 0 radical (unpaired) electrons. The molecule has 0 spiro atoms. The lowest BCUT2D eigenvalue weighted by Crippen LogP contribution is -2.40. The van der Waals surface area contributed by atoms with E-state index in [1.165, 1.54) is 19.5 Å². The number of nitrogens with one attached hydrogen (secondary N) is 1. The molecule has 0 aromatic heterocycles. The third kappa shape index (κ3) is 5.62. The molecule has 1 aliphatic rings. The molecule has 3 nitrogen and oxygen atoms in total. The maximum atomic E-state index is 11.9. The van der Waals surface area contributed by atoms with Crippen LogP contribution < -0.4 is 5.32 Å². The van der Waals surface area contributed by atoms with E-state index < -0.39 is 0 Å². The van der Waals surface area contributed by atoms with Crippen LogP contribution in [-0.4, -0.2) is 37.0 Å². The summed E-state index contributed by atoms with van der Waals surface area (Å²) in [4.78, 5) is 14.5. The summed E-state index contributed by atoms with van der Waals surface area (Å²) in [5.74, 6) is 1.63. The van der Waals surface area contributed by atoms with Gasteiger partial charge in [-0.05, 0) is 42.9 Å². The Bertz CT molecular complexity index is 482. The van der Waals surface area contributed by atoms with Crippen LogP contribution in [0.1, 0.15) is 32.3 Å². The quantitative estimate of drug-likeness (QED) is 0.814. The molecule has 122 valence electrons. The molecule has 1 N–H and O–H groups in total. The molecule has 1 aliphatic heterocycles. The van der Waals surface area contributed by atoms with E-state index in [9.17, 15) is 4.79 Å². The van der Waals surface area contributed by atoms with Gasteiger partial charge in [0.25, 0.3) is 0 Å². The minimum atomic E-state index is 0.0495. The van der Waals surface area contributed by atoms with Crippen molar-refractivity contribution in [3.8, 4) is 0 Å². The van der Waals surface area contributed by atoms with Crippen molar-refractivity contribution in [2.75, 3.05) is 26.2 Å². The lowest BCUT2D eigenvalue weighted by atomic mass is 9.92. The summed E-state index contributed by atoms with van der Waals surface area (Å²) in [6.45, 7) is 8.85. The second kappa shape index (κ2) is 8.54. The number of benzene rings is 1. The van der Waals surface area contributed by atoms with Gasteiger partial charge in [-0.2, -0.15) is 0 Å². The number of likely N-dealkylation sites (tertiary alicyclic amines) is 1. The second-order valence-electron chi connectivity index (χ2n) is 6.68. The molecular formula is C18H27ClN2O. The van der Waals surface area contributed by atoms with Crippen LogP contribution in [0.15, 0.2) is 24.3 Å². The van der Waals surface area contributed by atoms with Gasteiger partial charge in [0.1, 0.15) is 0 Å². The molecule has 2 atom stereocenters. The summed E-state index contributed by atoms with van der Waals surface area (Å²) >= 11 is 6.07. The van der Waals surface area contributed by atoms with Crippen LogP contribution in [0.2, 0.25) is 5.02 Å². The van der Waals surface area contributed by atoms with E-state index in [1.54, 1.807) is 0 Å². The fourth-order valence-electron chi connectivity index (χ4n) is 3.38. The molecule has 1 saturated heterocycles. The van der Waals surface area contributed by atoms with Gasteiger partial charge in [-0.25, -0.2) is 0 Å². The molecule has 22 heavy (non-hydrogen) atoms. The number of carbonyl (C=O) groups is 1. The normalized spacial score (nSPS) is 22.5. The van der Waals surface area contributed by atoms with E-state index in [2.05, 4.69) is 24.1 Å². The highest BCUT2D eigenvalue weighted by Gasteiger charge is 2.21. The van der Waals surface area contributed by atoms with Gasteiger partial charge in [0.15, 0.2) is 0 Å². The topological polar surface area (TPSA) is 32.3 Å². The molecule has 0 bridgehead atoms. The Hall–Kier alpha value is -1.06. The first-order valence-electron chi connectivity index (χ1n) is 8.27. The fourth-order valence-corrected chi connectivity index (χ4v) is 3.58. The number of hydrogen-bond acceptors (Lipinski definition) is 2. The Morgan fingerprint density at radius 2 is 1.95 bits per heavy atom. The first-order valence-corrected chi connectivity index (χ1v) is 8.65. The van der Waals surface area contributed by atoms with Crippen molar-refractivity contribution in [1.82, 2.24) is 10.2 Å². The third-order valence-corrected chi connectivity index (χ3v) is 4.60. The van der Waals surface area contributed by atoms with Crippen molar-refractivity contribution in [1.29, 1.82) is 0 Å². The Balaban J connectivity index is 1.64. The SMILES string of the molecule is CC1CC(C)CN(CCCNC(=O)Cc2ccccc2Cl)C1. The zero-order valence-corrected chi connectivity index (χ0v) is 14.4. The molecule has 1 aromatic rings. The van der Waals surface area contributed by atoms with E-state index in [4.69, 9.17) is 11.6 Å². The van der Waals surface area contributed by atoms with Crippen LogP contribution in [0.5, 0.6) is 0 Å². The highest BCUT2D eigenvalue weighted by molar-refractivity contribution is 6.31. The summed E-state index contributed by atoms with van der Waals surface area (Å²) in [5.41, 5.74) is 0.889. The van der Waals surface area contributed by atoms with E-state index in [0.717, 1.165) is 36.9 Å². The molecule has 0 saturated carbocycles. The van der Waals surface area contributed by atoms with Gasteiger partial charge in [-0.15, -0.1) is 0 Å². The summed E-state index contributed by atoms with van der Waals surface area (Å²) in [6.07, 6.45) is 2.70. The molecule has 2 unspecified atom stereocenters. The van der Waals surface area contributed by atoms with Crippen LogP contribution in [0.25, 0.3) is 0 Å². The first-order chi connectivity index (χ1) is 10.5. The minimum Gasteiger partial charge on any atom is -0.356 e. The van der Waals surface area contributed by atoms with Crippen molar-refractivity contribution in [3.05, 3.63) is 34.9 Å². The fraction of sp³-hybridized carbons (Fsp3) is 0.611. The van der Waals surface area contributed by atoms with Crippen LogP contribution in [0.3, 0.4) is 0 Å². The van der Waals surface area contributed by atoms with Gasteiger partial charge in [-0.1, -0.05) is 43.6 Å².